The summed E-state index contributed by atoms with van der Waals surface area (Å²) in [5, 5.41) is 24.9. The zero-order chi connectivity index (χ0) is 47.0. The van der Waals surface area contributed by atoms with Gasteiger partial charge in [-0.3, -0.25) is 0 Å². The lowest BCUT2D eigenvalue weighted by atomic mass is 9.79. The van der Waals surface area contributed by atoms with Crippen LogP contribution in [-0.2, 0) is 47.3 Å². The molecule has 64 heavy (non-hydrogen) atoms. The minimum Gasteiger partial charge on any atom is -0.507 e. The van der Waals surface area contributed by atoms with Crippen LogP contribution in [0.3, 0.4) is 0 Å². The number of phenolic OH excluding ortho intramolecular Hbond substituents is 2. The predicted octanol–water partition coefficient (Wildman–Crippen LogP) is 16.4. The third-order valence-corrected chi connectivity index (χ3v) is 13.5. The van der Waals surface area contributed by atoms with Gasteiger partial charge < -0.3 is 19.7 Å². The topological polar surface area (TPSA) is 58.9 Å². The first kappa shape index (κ1) is 51.1. The molecule has 0 aliphatic heterocycles. The molecular weight excluding hydrogens is 785 g/mol. The number of aromatic hydroxyl groups is 2. The zero-order valence-corrected chi connectivity index (χ0v) is 43.1. The quantitative estimate of drug-likeness (QED) is 0.0970. The minimum absolute atomic E-state index is 0.122. The van der Waals surface area contributed by atoms with Crippen LogP contribution in [0.1, 0.15) is 241 Å². The van der Waals surface area contributed by atoms with E-state index in [1.165, 1.54) is 73.6 Å². The van der Waals surface area contributed by atoms with E-state index in [4.69, 9.17) is 9.47 Å². The van der Waals surface area contributed by atoms with Gasteiger partial charge in [0.2, 0.25) is 0 Å². The number of rotatable bonds is 16. The van der Waals surface area contributed by atoms with Crippen LogP contribution in [0.4, 0.5) is 0 Å². The summed E-state index contributed by atoms with van der Waals surface area (Å²) in [6.07, 6.45) is 16.5. The monoisotopic (exact) mass is 873 g/mol. The second kappa shape index (κ2) is 21.6. The summed E-state index contributed by atoms with van der Waals surface area (Å²) in [7, 11) is 0. The Morgan fingerprint density at radius 2 is 0.562 bits per heavy atom. The highest BCUT2D eigenvalue weighted by molar-refractivity contribution is 5.59. The van der Waals surface area contributed by atoms with E-state index in [-0.39, 0.29) is 21.7 Å². The van der Waals surface area contributed by atoms with Crippen molar-refractivity contribution in [1.29, 1.82) is 0 Å². The van der Waals surface area contributed by atoms with Crippen molar-refractivity contribution in [3.63, 3.8) is 0 Å². The molecular formula is C60H88O4. The van der Waals surface area contributed by atoms with Crippen LogP contribution in [0.25, 0.3) is 0 Å². The Hall–Kier alpha value is -3.92. The molecule has 0 radical (unpaired) electrons. The van der Waals surface area contributed by atoms with Crippen molar-refractivity contribution in [2.75, 3.05) is 13.2 Å². The summed E-state index contributed by atoms with van der Waals surface area (Å²) in [5.41, 5.74) is 12.3. The van der Waals surface area contributed by atoms with E-state index in [1.54, 1.807) is 0 Å². The van der Waals surface area contributed by atoms with Crippen molar-refractivity contribution < 1.29 is 19.7 Å². The van der Waals surface area contributed by atoms with Crippen LogP contribution < -0.4 is 9.47 Å². The minimum atomic E-state index is -0.159. The number of benzene rings is 4. The molecule has 2 N–H and O–H groups in total. The highest BCUT2D eigenvalue weighted by atomic mass is 16.5. The Kier molecular flexibility index (Phi) is 17.2. The van der Waals surface area contributed by atoms with Gasteiger partial charge in [-0.2, -0.15) is 0 Å². The van der Waals surface area contributed by atoms with Gasteiger partial charge in [-0.1, -0.05) is 210 Å². The van der Waals surface area contributed by atoms with Gasteiger partial charge in [0.25, 0.3) is 0 Å². The van der Waals surface area contributed by atoms with E-state index in [9.17, 15) is 10.2 Å². The van der Waals surface area contributed by atoms with Gasteiger partial charge in [0, 0.05) is 25.7 Å². The average Bonchev–Trinajstić information content (AvgIpc) is 3.19. The number of hydrogen-bond acceptors (Lipinski definition) is 4. The maximum atomic E-state index is 12.4. The van der Waals surface area contributed by atoms with Gasteiger partial charge in [-0.25, -0.2) is 0 Å². The summed E-state index contributed by atoms with van der Waals surface area (Å²) >= 11 is 0. The molecule has 4 aromatic rings. The molecule has 1 aliphatic rings. The summed E-state index contributed by atoms with van der Waals surface area (Å²) in [5.74, 6) is 2.49. The average molecular weight is 873 g/mol. The summed E-state index contributed by atoms with van der Waals surface area (Å²) < 4.78 is 14.2. The smallest absolute Gasteiger partial charge is 0.126 e. The van der Waals surface area contributed by atoms with Crippen LogP contribution in [0.15, 0.2) is 48.5 Å². The maximum absolute atomic E-state index is 12.4. The highest BCUT2D eigenvalue weighted by Gasteiger charge is 2.28. The molecule has 0 amide bonds. The maximum Gasteiger partial charge on any atom is 0.126 e. The van der Waals surface area contributed by atoms with Gasteiger partial charge in [-0.15, -0.1) is 0 Å². The molecule has 8 bridgehead atoms. The van der Waals surface area contributed by atoms with Crippen molar-refractivity contribution >= 4 is 0 Å². The molecule has 0 atom stereocenters. The molecule has 4 nitrogen and oxygen atoms in total. The lowest BCUT2D eigenvalue weighted by Crippen LogP contribution is -2.17. The number of fused-ring (bicyclic) bond motifs is 8. The van der Waals surface area contributed by atoms with Gasteiger partial charge in [0.05, 0.1) is 13.2 Å². The summed E-state index contributed by atoms with van der Waals surface area (Å²) in [6.45, 7) is 33.1. The van der Waals surface area contributed by atoms with E-state index in [1.807, 2.05) is 0 Å². The molecule has 4 aromatic carbocycles. The van der Waals surface area contributed by atoms with Crippen molar-refractivity contribution in [2.45, 2.75) is 221 Å². The summed E-state index contributed by atoms with van der Waals surface area (Å²) in [6, 6.07) is 18.3. The molecule has 0 unspecified atom stereocenters. The van der Waals surface area contributed by atoms with E-state index in [2.05, 4.69) is 145 Å². The van der Waals surface area contributed by atoms with E-state index in [0.29, 0.717) is 50.4 Å². The third kappa shape index (κ3) is 13.6. The Bertz CT molecular complexity index is 2010. The number of unbranched alkanes of at least 4 members (excludes halogenated alkanes) is 10. The fraction of sp³-hybridized carbons (Fsp3) is 0.600. The van der Waals surface area contributed by atoms with Crippen LogP contribution >= 0.6 is 0 Å². The zero-order valence-electron chi connectivity index (χ0n) is 43.1. The molecule has 0 aromatic heterocycles. The Balaban J connectivity index is 1.83. The number of ether oxygens (including phenoxy) is 2. The van der Waals surface area contributed by atoms with Gasteiger partial charge in [-0.05, 0) is 101 Å². The number of hydrogen-bond donors (Lipinski definition) is 2. The van der Waals surface area contributed by atoms with Crippen LogP contribution in [0, 0.1) is 0 Å². The fourth-order valence-electron chi connectivity index (χ4n) is 9.13. The Morgan fingerprint density at radius 1 is 0.344 bits per heavy atom. The SMILES string of the molecule is CCCCCCCCOc1c2cc(C(C)(C)C)cc1Cc1cc(C(C)(C)C)cc(c1OCCCCCCCC)Cc1cc(C(C)(C)C)cc(c1O)Cc1cc(C(C)(C)C)cc(c1O)C2. The second-order valence-electron chi connectivity index (χ2n) is 23.5. The van der Waals surface area contributed by atoms with Crippen LogP contribution in [-0.4, -0.2) is 23.4 Å². The third-order valence-electron chi connectivity index (χ3n) is 13.5. The van der Waals surface area contributed by atoms with Gasteiger partial charge in [0.15, 0.2) is 0 Å². The standard InChI is InChI=1S/C60H88O4/c1-15-17-19-21-23-25-27-63-55-45-30-43-35-49(57(3,4)5)33-41(53(43)61)29-42-34-50(58(6,7)8)36-44(54(42)62)31-46-38-52(60(12,13)14)40-48(32-47(55)39-51(37-45)59(9,10)11)56(46)64-28-26-24-22-20-18-16-2/h33-40,61-62H,15-32H2,1-14H3. The molecule has 352 valence electrons. The highest BCUT2D eigenvalue weighted by Crippen LogP contribution is 2.44. The molecule has 4 heteroatoms. The first-order valence-corrected chi connectivity index (χ1v) is 25.3. The predicted molar refractivity (Wildman–Crippen MR) is 273 cm³/mol. The second-order valence-corrected chi connectivity index (χ2v) is 23.5. The van der Waals surface area contributed by atoms with Crippen molar-refractivity contribution in [3.05, 3.63) is 115 Å². The van der Waals surface area contributed by atoms with Crippen LogP contribution in [0.5, 0.6) is 23.0 Å². The molecule has 0 heterocycles. The summed E-state index contributed by atoms with van der Waals surface area (Å²) in [4.78, 5) is 0. The van der Waals surface area contributed by atoms with Crippen molar-refractivity contribution in [3.8, 4) is 23.0 Å². The number of phenols is 2. The van der Waals surface area contributed by atoms with E-state index >= 15 is 0 Å². The molecule has 1 aliphatic carbocycles. The lowest BCUT2D eigenvalue weighted by Gasteiger charge is -2.28. The molecule has 0 saturated heterocycles. The largest absolute Gasteiger partial charge is 0.507 e. The van der Waals surface area contributed by atoms with E-state index < -0.39 is 0 Å². The van der Waals surface area contributed by atoms with E-state index in [0.717, 1.165) is 81.7 Å². The first-order valence-electron chi connectivity index (χ1n) is 25.3. The molecule has 0 fully saturated rings. The Labute approximate surface area is 391 Å². The molecule has 5 rings (SSSR count). The van der Waals surface area contributed by atoms with Crippen molar-refractivity contribution in [1.82, 2.24) is 0 Å². The van der Waals surface area contributed by atoms with Crippen LogP contribution in [0.2, 0.25) is 0 Å². The lowest BCUT2D eigenvalue weighted by molar-refractivity contribution is 0.295. The van der Waals surface area contributed by atoms with Crippen molar-refractivity contribution in [2.24, 2.45) is 0 Å². The van der Waals surface area contributed by atoms with Gasteiger partial charge >= 0.3 is 0 Å². The Morgan fingerprint density at radius 3 is 0.828 bits per heavy atom. The molecule has 0 spiro atoms. The van der Waals surface area contributed by atoms with Gasteiger partial charge in [0.1, 0.15) is 23.0 Å². The fourth-order valence-corrected chi connectivity index (χ4v) is 9.13. The first-order chi connectivity index (χ1) is 30.0. The molecule has 0 saturated carbocycles. The normalized spacial score (nSPS) is 13.6.